The van der Waals surface area contributed by atoms with Crippen molar-refractivity contribution in [2.75, 3.05) is 0 Å². The first-order chi connectivity index (χ1) is 6.48. The highest BCUT2D eigenvalue weighted by Crippen LogP contribution is 2.35. The SMILES string of the molecule is O=[N+]([O-])c1ccc2c(c1)CC(F)(F)C2. The molecule has 0 aromatic heterocycles. The summed E-state index contributed by atoms with van der Waals surface area (Å²) >= 11 is 0. The first kappa shape index (κ1) is 9.05. The average Bonchev–Trinajstić information content (AvgIpc) is 2.36. The molecule has 14 heavy (non-hydrogen) atoms. The lowest BCUT2D eigenvalue weighted by Gasteiger charge is -2.04. The molecule has 0 radical (unpaired) electrons. The molecule has 0 atom stereocenters. The summed E-state index contributed by atoms with van der Waals surface area (Å²) in [6.07, 6.45) is -0.690. The molecule has 3 nitrogen and oxygen atoms in total. The molecule has 0 fully saturated rings. The number of benzene rings is 1. The van der Waals surface area contributed by atoms with Crippen LogP contribution in [0, 0.1) is 10.1 Å². The summed E-state index contributed by atoms with van der Waals surface area (Å²) in [4.78, 5) is 9.81. The maximum absolute atomic E-state index is 12.9. The van der Waals surface area contributed by atoms with Crippen molar-refractivity contribution in [2.45, 2.75) is 18.8 Å². The number of rotatable bonds is 1. The second-order valence-corrected chi connectivity index (χ2v) is 3.42. The van der Waals surface area contributed by atoms with E-state index in [-0.39, 0.29) is 18.5 Å². The molecule has 0 saturated carbocycles. The monoisotopic (exact) mass is 199 g/mol. The van der Waals surface area contributed by atoms with Gasteiger partial charge in [-0.2, -0.15) is 0 Å². The van der Waals surface area contributed by atoms with E-state index in [2.05, 4.69) is 0 Å². The zero-order valence-corrected chi connectivity index (χ0v) is 7.17. The maximum Gasteiger partial charge on any atom is 0.269 e. The quantitative estimate of drug-likeness (QED) is 0.514. The Labute approximate surface area is 78.5 Å². The van der Waals surface area contributed by atoms with Crippen molar-refractivity contribution in [3.8, 4) is 0 Å². The molecule has 1 aromatic rings. The van der Waals surface area contributed by atoms with Gasteiger partial charge in [0.2, 0.25) is 0 Å². The first-order valence-electron chi connectivity index (χ1n) is 4.12. The number of nitrogens with zero attached hydrogens (tertiary/aromatic N) is 1. The molecule has 2 rings (SSSR count). The van der Waals surface area contributed by atoms with Crippen LogP contribution in [0.5, 0.6) is 0 Å². The van der Waals surface area contributed by atoms with E-state index in [0.717, 1.165) is 0 Å². The number of fused-ring (bicyclic) bond motifs is 1. The van der Waals surface area contributed by atoms with Crippen LogP contribution < -0.4 is 0 Å². The number of alkyl halides is 2. The van der Waals surface area contributed by atoms with E-state index in [1.54, 1.807) is 0 Å². The van der Waals surface area contributed by atoms with Gasteiger partial charge < -0.3 is 0 Å². The summed E-state index contributed by atoms with van der Waals surface area (Å²) in [5.74, 6) is -2.74. The maximum atomic E-state index is 12.9. The van der Waals surface area contributed by atoms with Gasteiger partial charge in [-0.3, -0.25) is 10.1 Å². The standard InChI is InChI=1S/C9H7F2NO2/c10-9(11)4-6-1-2-8(12(13)14)3-7(6)5-9/h1-3H,4-5H2. The minimum atomic E-state index is -2.74. The second kappa shape index (κ2) is 2.73. The molecule has 0 N–H and O–H groups in total. The summed E-state index contributed by atoms with van der Waals surface area (Å²) in [5.41, 5.74) is 0.784. The van der Waals surface area contributed by atoms with Crippen LogP contribution in [0.2, 0.25) is 0 Å². The van der Waals surface area contributed by atoms with E-state index < -0.39 is 10.8 Å². The van der Waals surface area contributed by atoms with E-state index in [0.29, 0.717) is 11.1 Å². The molecular weight excluding hydrogens is 192 g/mol. The highest BCUT2D eigenvalue weighted by atomic mass is 19.3. The van der Waals surface area contributed by atoms with Gasteiger partial charge in [0.05, 0.1) is 4.92 Å². The minimum absolute atomic E-state index is 0.124. The van der Waals surface area contributed by atoms with Crippen molar-refractivity contribution in [3.05, 3.63) is 39.4 Å². The van der Waals surface area contributed by atoms with Gasteiger partial charge in [0.15, 0.2) is 0 Å². The van der Waals surface area contributed by atoms with Crippen molar-refractivity contribution in [3.63, 3.8) is 0 Å². The zero-order chi connectivity index (χ0) is 10.3. The molecule has 5 heteroatoms. The van der Waals surface area contributed by atoms with Gasteiger partial charge in [0.1, 0.15) is 0 Å². The van der Waals surface area contributed by atoms with Crippen molar-refractivity contribution >= 4 is 5.69 Å². The van der Waals surface area contributed by atoms with E-state index in [9.17, 15) is 18.9 Å². The van der Waals surface area contributed by atoms with Gasteiger partial charge in [0.25, 0.3) is 11.6 Å². The summed E-state index contributed by atoms with van der Waals surface area (Å²) < 4.78 is 25.8. The second-order valence-electron chi connectivity index (χ2n) is 3.42. The van der Waals surface area contributed by atoms with Crippen LogP contribution in [0.25, 0.3) is 0 Å². The van der Waals surface area contributed by atoms with Gasteiger partial charge in [-0.1, -0.05) is 6.07 Å². The van der Waals surface area contributed by atoms with Gasteiger partial charge in [0, 0.05) is 25.0 Å². The highest BCUT2D eigenvalue weighted by Gasteiger charge is 2.37. The van der Waals surface area contributed by atoms with Gasteiger partial charge in [-0.15, -0.1) is 0 Å². The number of nitro groups is 1. The fourth-order valence-corrected chi connectivity index (χ4v) is 1.68. The Balaban J connectivity index is 2.40. The van der Waals surface area contributed by atoms with E-state index in [1.807, 2.05) is 0 Å². The smallest absolute Gasteiger partial charge is 0.258 e. The molecule has 0 saturated heterocycles. The Bertz CT molecular complexity index is 404. The lowest BCUT2D eigenvalue weighted by atomic mass is 10.1. The van der Waals surface area contributed by atoms with Crippen molar-refractivity contribution in [2.24, 2.45) is 0 Å². The number of hydrogen-bond acceptors (Lipinski definition) is 2. The Morgan fingerprint density at radius 2 is 1.93 bits per heavy atom. The molecule has 0 amide bonds. The molecule has 0 unspecified atom stereocenters. The molecule has 1 aliphatic rings. The Morgan fingerprint density at radius 3 is 2.57 bits per heavy atom. The van der Waals surface area contributed by atoms with Crippen LogP contribution in [0.1, 0.15) is 11.1 Å². The molecule has 74 valence electrons. The summed E-state index contributed by atoms with van der Waals surface area (Å²) in [6, 6.07) is 3.91. The number of hydrogen-bond donors (Lipinski definition) is 0. The van der Waals surface area contributed by atoms with Crippen LogP contribution in [0.4, 0.5) is 14.5 Å². The number of non-ortho nitro benzene ring substituents is 1. The van der Waals surface area contributed by atoms with Gasteiger partial charge in [-0.05, 0) is 11.1 Å². The van der Waals surface area contributed by atoms with Gasteiger partial charge >= 0.3 is 0 Å². The third-order valence-electron chi connectivity index (χ3n) is 2.30. The first-order valence-corrected chi connectivity index (χ1v) is 4.12. The third-order valence-corrected chi connectivity index (χ3v) is 2.30. The number of nitro benzene ring substituents is 1. The van der Waals surface area contributed by atoms with E-state index in [4.69, 9.17) is 0 Å². The van der Waals surface area contributed by atoms with Crippen LogP contribution in [0.3, 0.4) is 0 Å². The van der Waals surface area contributed by atoms with Crippen LogP contribution in [-0.2, 0) is 12.8 Å². The predicted molar refractivity (Wildman–Crippen MR) is 45.5 cm³/mol. The number of halogens is 2. The van der Waals surface area contributed by atoms with Crippen LogP contribution in [-0.4, -0.2) is 10.8 Å². The fourth-order valence-electron chi connectivity index (χ4n) is 1.68. The average molecular weight is 199 g/mol. The predicted octanol–water partition coefficient (Wildman–Crippen LogP) is 2.33. The molecule has 1 aliphatic carbocycles. The van der Waals surface area contributed by atoms with Crippen LogP contribution >= 0.6 is 0 Å². The Kier molecular flexibility index (Phi) is 1.77. The normalized spacial score (nSPS) is 17.9. The summed E-state index contributed by atoms with van der Waals surface area (Å²) in [5, 5.41) is 10.4. The lowest BCUT2D eigenvalue weighted by molar-refractivity contribution is -0.384. The van der Waals surface area contributed by atoms with E-state index in [1.165, 1.54) is 18.2 Å². The largest absolute Gasteiger partial charge is 0.269 e. The van der Waals surface area contributed by atoms with E-state index >= 15 is 0 Å². The molecule has 0 heterocycles. The topological polar surface area (TPSA) is 43.1 Å². The minimum Gasteiger partial charge on any atom is -0.258 e. The van der Waals surface area contributed by atoms with Crippen molar-refractivity contribution in [1.29, 1.82) is 0 Å². The van der Waals surface area contributed by atoms with Crippen molar-refractivity contribution < 1.29 is 13.7 Å². The molecule has 0 aliphatic heterocycles. The van der Waals surface area contributed by atoms with Crippen molar-refractivity contribution in [1.82, 2.24) is 0 Å². The molecule has 1 aromatic carbocycles. The Hall–Kier alpha value is -1.52. The van der Waals surface area contributed by atoms with Crippen LogP contribution in [0.15, 0.2) is 18.2 Å². The molecule has 0 bridgehead atoms. The summed E-state index contributed by atoms with van der Waals surface area (Å²) in [7, 11) is 0. The zero-order valence-electron chi connectivity index (χ0n) is 7.17. The lowest BCUT2D eigenvalue weighted by Crippen LogP contribution is -2.14. The molecular formula is C9H7F2NO2. The van der Waals surface area contributed by atoms with Gasteiger partial charge in [-0.25, -0.2) is 8.78 Å². The third kappa shape index (κ3) is 1.45. The Morgan fingerprint density at radius 1 is 1.29 bits per heavy atom. The summed E-state index contributed by atoms with van der Waals surface area (Å²) in [6.45, 7) is 0. The highest BCUT2D eigenvalue weighted by molar-refractivity contribution is 5.43. The molecule has 0 spiro atoms. The fraction of sp³-hybridized carbons (Fsp3) is 0.333.